The quantitative estimate of drug-likeness (QED) is 0.795. The lowest BCUT2D eigenvalue weighted by molar-refractivity contribution is -0.122. The molecule has 2 aromatic carbocycles. The van der Waals surface area contributed by atoms with E-state index in [1.54, 1.807) is 24.3 Å². The van der Waals surface area contributed by atoms with Gasteiger partial charge in [-0.3, -0.25) is 9.59 Å². The fraction of sp³-hybridized carbons (Fsp3) is 0.286. The summed E-state index contributed by atoms with van der Waals surface area (Å²) in [5, 5.41) is 5.69. The van der Waals surface area contributed by atoms with Crippen LogP contribution >= 0.6 is 0 Å². The van der Waals surface area contributed by atoms with E-state index in [0.717, 1.165) is 16.8 Å². The number of rotatable bonds is 5. The molecule has 27 heavy (non-hydrogen) atoms. The number of hydrogen-bond donors (Lipinski definition) is 2. The maximum atomic E-state index is 12.4. The van der Waals surface area contributed by atoms with Crippen molar-refractivity contribution in [2.45, 2.75) is 20.3 Å². The topological polar surface area (TPSA) is 84.5 Å². The number of methoxy groups -OCH3 is 1. The molecule has 0 aliphatic heterocycles. The summed E-state index contributed by atoms with van der Waals surface area (Å²) in [6.45, 7) is 3.94. The number of benzene rings is 2. The molecule has 6 heteroatoms. The van der Waals surface area contributed by atoms with E-state index in [1.807, 2.05) is 32.0 Å². The first-order valence-corrected chi connectivity index (χ1v) is 8.76. The highest BCUT2D eigenvalue weighted by molar-refractivity contribution is 6.03. The summed E-state index contributed by atoms with van der Waals surface area (Å²) < 4.78 is 4.64. The average molecular weight is 366 g/mol. The molecule has 0 bridgehead atoms. The van der Waals surface area contributed by atoms with E-state index < -0.39 is 5.97 Å². The van der Waals surface area contributed by atoms with Gasteiger partial charge in [-0.1, -0.05) is 17.7 Å². The van der Waals surface area contributed by atoms with Crippen LogP contribution in [0.4, 0.5) is 11.4 Å². The van der Waals surface area contributed by atoms with Crippen LogP contribution in [0.1, 0.15) is 27.9 Å². The van der Waals surface area contributed by atoms with Crippen LogP contribution in [0.15, 0.2) is 42.5 Å². The summed E-state index contributed by atoms with van der Waals surface area (Å²) in [5.41, 5.74) is 3.89. The van der Waals surface area contributed by atoms with Crippen molar-refractivity contribution in [2.24, 2.45) is 11.8 Å². The number of anilines is 2. The highest BCUT2D eigenvalue weighted by Gasteiger charge is 2.48. The van der Waals surface area contributed by atoms with E-state index >= 15 is 0 Å². The Morgan fingerprint density at radius 1 is 0.926 bits per heavy atom. The zero-order valence-corrected chi connectivity index (χ0v) is 15.5. The molecular weight excluding hydrogens is 344 g/mol. The number of amides is 2. The van der Waals surface area contributed by atoms with Crippen molar-refractivity contribution in [3.63, 3.8) is 0 Å². The van der Waals surface area contributed by atoms with Crippen LogP contribution in [0.3, 0.4) is 0 Å². The Morgan fingerprint density at radius 2 is 1.56 bits per heavy atom. The Hall–Kier alpha value is -3.15. The Kier molecular flexibility index (Phi) is 5.26. The fourth-order valence-corrected chi connectivity index (χ4v) is 3.00. The Labute approximate surface area is 157 Å². The van der Waals surface area contributed by atoms with E-state index in [-0.39, 0.29) is 23.7 Å². The van der Waals surface area contributed by atoms with Crippen molar-refractivity contribution in [2.75, 3.05) is 17.7 Å². The van der Waals surface area contributed by atoms with E-state index in [4.69, 9.17) is 0 Å². The van der Waals surface area contributed by atoms with E-state index in [2.05, 4.69) is 15.4 Å². The van der Waals surface area contributed by atoms with Crippen molar-refractivity contribution in [1.82, 2.24) is 0 Å². The van der Waals surface area contributed by atoms with Gasteiger partial charge in [0.15, 0.2) is 0 Å². The van der Waals surface area contributed by atoms with Crippen molar-refractivity contribution < 1.29 is 19.1 Å². The molecule has 2 atom stereocenters. The van der Waals surface area contributed by atoms with E-state index in [0.29, 0.717) is 17.7 Å². The maximum Gasteiger partial charge on any atom is 0.337 e. The molecule has 1 saturated carbocycles. The van der Waals surface area contributed by atoms with Crippen molar-refractivity contribution in [3.05, 3.63) is 59.2 Å². The van der Waals surface area contributed by atoms with Crippen molar-refractivity contribution in [1.29, 1.82) is 0 Å². The van der Waals surface area contributed by atoms with Crippen LogP contribution in [0.25, 0.3) is 0 Å². The number of aryl methyl sites for hydroxylation is 2. The fourth-order valence-electron chi connectivity index (χ4n) is 3.00. The minimum absolute atomic E-state index is 0.136. The predicted molar refractivity (Wildman–Crippen MR) is 103 cm³/mol. The molecule has 2 aromatic rings. The molecule has 0 spiro atoms. The second kappa shape index (κ2) is 7.61. The van der Waals surface area contributed by atoms with Gasteiger partial charge in [-0.25, -0.2) is 4.79 Å². The summed E-state index contributed by atoms with van der Waals surface area (Å²) in [7, 11) is 1.31. The second-order valence-electron chi connectivity index (χ2n) is 6.81. The summed E-state index contributed by atoms with van der Waals surface area (Å²) in [5.74, 6) is -1.42. The Bertz CT molecular complexity index is 890. The van der Waals surface area contributed by atoms with Crippen molar-refractivity contribution >= 4 is 29.2 Å². The molecule has 2 unspecified atom stereocenters. The standard InChI is InChI=1S/C21H22N2O4/c1-12-4-9-18(13(2)10-12)23-20(25)17-11-16(17)19(24)22-15-7-5-14(6-8-15)21(26)27-3/h4-10,16-17H,11H2,1-3H3,(H,22,24)(H,23,25). The van der Waals surface area contributed by atoms with Crippen LogP contribution < -0.4 is 10.6 Å². The van der Waals surface area contributed by atoms with Gasteiger partial charge < -0.3 is 15.4 Å². The third kappa shape index (κ3) is 4.34. The summed E-state index contributed by atoms with van der Waals surface area (Å²) >= 11 is 0. The van der Waals surface area contributed by atoms with Gasteiger partial charge in [-0.2, -0.15) is 0 Å². The van der Waals surface area contributed by atoms with Gasteiger partial charge in [-0.05, 0) is 56.2 Å². The number of carbonyl (C=O) groups is 3. The molecule has 6 nitrogen and oxygen atoms in total. The highest BCUT2D eigenvalue weighted by Crippen LogP contribution is 2.40. The Morgan fingerprint density at radius 3 is 2.15 bits per heavy atom. The lowest BCUT2D eigenvalue weighted by Gasteiger charge is -2.09. The van der Waals surface area contributed by atoms with Crippen LogP contribution in [0, 0.1) is 25.7 Å². The zero-order chi connectivity index (χ0) is 19.6. The molecule has 1 aliphatic rings. The van der Waals surface area contributed by atoms with Gasteiger partial charge in [0.1, 0.15) is 0 Å². The SMILES string of the molecule is COC(=O)c1ccc(NC(=O)C2CC2C(=O)Nc2ccc(C)cc2C)cc1. The van der Waals surface area contributed by atoms with E-state index in [9.17, 15) is 14.4 Å². The minimum Gasteiger partial charge on any atom is -0.465 e. The molecule has 1 aliphatic carbocycles. The number of hydrogen-bond acceptors (Lipinski definition) is 4. The molecule has 2 N–H and O–H groups in total. The molecular formula is C21H22N2O4. The van der Waals surface area contributed by atoms with E-state index in [1.165, 1.54) is 7.11 Å². The summed E-state index contributed by atoms with van der Waals surface area (Å²) in [6.07, 6.45) is 0.531. The zero-order valence-electron chi connectivity index (χ0n) is 15.5. The molecule has 3 rings (SSSR count). The van der Waals surface area contributed by atoms with Crippen LogP contribution in [0.2, 0.25) is 0 Å². The van der Waals surface area contributed by atoms with Crippen LogP contribution in [-0.4, -0.2) is 24.9 Å². The van der Waals surface area contributed by atoms with Gasteiger partial charge in [-0.15, -0.1) is 0 Å². The normalized spacial score (nSPS) is 17.7. The minimum atomic E-state index is -0.432. The molecule has 0 radical (unpaired) electrons. The summed E-state index contributed by atoms with van der Waals surface area (Å²) in [4.78, 5) is 36.2. The lowest BCUT2D eigenvalue weighted by atomic mass is 10.1. The number of esters is 1. The summed E-state index contributed by atoms with van der Waals surface area (Å²) in [6, 6.07) is 12.3. The van der Waals surface area contributed by atoms with Crippen LogP contribution in [0.5, 0.6) is 0 Å². The van der Waals surface area contributed by atoms with Gasteiger partial charge in [0.05, 0.1) is 24.5 Å². The first-order valence-electron chi connectivity index (χ1n) is 8.76. The Balaban J connectivity index is 1.55. The molecule has 1 fully saturated rings. The molecule has 140 valence electrons. The monoisotopic (exact) mass is 366 g/mol. The molecule has 2 amide bonds. The second-order valence-corrected chi connectivity index (χ2v) is 6.81. The van der Waals surface area contributed by atoms with Crippen LogP contribution in [-0.2, 0) is 14.3 Å². The maximum absolute atomic E-state index is 12.4. The lowest BCUT2D eigenvalue weighted by Crippen LogP contribution is -2.21. The molecule has 0 heterocycles. The number of carbonyl (C=O) groups excluding carboxylic acids is 3. The van der Waals surface area contributed by atoms with Gasteiger partial charge in [0.25, 0.3) is 0 Å². The smallest absolute Gasteiger partial charge is 0.337 e. The largest absolute Gasteiger partial charge is 0.465 e. The number of nitrogens with one attached hydrogen (secondary N) is 2. The van der Waals surface area contributed by atoms with Gasteiger partial charge in [0.2, 0.25) is 11.8 Å². The third-order valence-corrected chi connectivity index (χ3v) is 4.68. The van der Waals surface area contributed by atoms with Crippen molar-refractivity contribution in [3.8, 4) is 0 Å². The van der Waals surface area contributed by atoms with Gasteiger partial charge >= 0.3 is 5.97 Å². The predicted octanol–water partition coefficient (Wildman–Crippen LogP) is 3.30. The highest BCUT2D eigenvalue weighted by atomic mass is 16.5. The molecule has 0 aromatic heterocycles. The average Bonchev–Trinajstić information content (AvgIpc) is 3.45. The third-order valence-electron chi connectivity index (χ3n) is 4.68. The number of ether oxygens (including phenoxy) is 1. The molecule has 0 saturated heterocycles. The van der Waals surface area contributed by atoms with Gasteiger partial charge in [0, 0.05) is 11.4 Å². The first-order chi connectivity index (χ1) is 12.9. The first kappa shape index (κ1) is 18.6.